The Bertz CT molecular complexity index is 1180. The fourth-order valence-electron chi connectivity index (χ4n) is 3.16. The highest BCUT2D eigenvalue weighted by molar-refractivity contribution is 6.14. The summed E-state index contributed by atoms with van der Waals surface area (Å²) in [6, 6.07) is 19.2. The molecule has 0 spiro atoms. The van der Waals surface area contributed by atoms with Gasteiger partial charge in [0.25, 0.3) is 5.91 Å². The van der Waals surface area contributed by atoms with E-state index in [0.29, 0.717) is 34.2 Å². The number of amides is 1. The van der Waals surface area contributed by atoms with Gasteiger partial charge in [-0.05, 0) is 60.2 Å². The SMILES string of the molecule is COc1ccc(NC(=O)COc2ccc3c(c2)O/C(=C\c2cccc(OC)c2)C3=O)cc1. The van der Waals surface area contributed by atoms with Crippen LogP contribution in [0.3, 0.4) is 0 Å². The van der Waals surface area contributed by atoms with Gasteiger partial charge in [-0.25, -0.2) is 0 Å². The largest absolute Gasteiger partial charge is 0.497 e. The van der Waals surface area contributed by atoms with Crippen LogP contribution in [0, 0.1) is 0 Å². The minimum atomic E-state index is -0.314. The molecule has 0 aromatic heterocycles. The summed E-state index contributed by atoms with van der Waals surface area (Å²) in [5.41, 5.74) is 1.86. The Morgan fingerprint density at radius 2 is 1.69 bits per heavy atom. The number of carbonyl (C=O) groups excluding carboxylic acids is 2. The second kappa shape index (κ2) is 9.26. The molecule has 0 bridgehead atoms. The number of benzene rings is 3. The molecule has 1 aliphatic rings. The van der Waals surface area contributed by atoms with Gasteiger partial charge in [-0.3, -0.25) is 9.59 Å². The highest BCUT2D eigenvalue weighted by Gasteiger charge is 2.27. The van der Waals surface area contributed by atoms with Crippen LogP contribution in [-0.2, 0) is 4.79 Å². The predicted molar refractivity (Wildman–Crippen MR) is 119 cm³/mol. The highest BCUT2D eigenvalue weighted by Crippen LogP contribution is 2.35. The van der Waals surface area contributed by atoms with E-state index in [9.17, 15) is 9.59 Å². The molecule has 32 heavy (non-hydrogen) atoms. The third kappa shape index (κ3) is 4.73. The number of methoxy groups -OCH3 is 2. The van der Waals surface area contributed by atoms with Gasteiger partial charge < -0.3 is 24.3 Å². The molecule has 3 aromatic carbocycles. The van der Waals surface area contributed by atoms with Crippen molar-refractivity contribution >= 4 is 23.5 Å². The van der Waals surface area contributed by atoms with E-state index in [1.54, 1.807) is 62.8 Å². The second-order valence-corrected chi connectivity index (χ2v) is 6.94. The quantitative estimate of drug-likeness (QED) is 0.561. The van der Waals surface area contributed by atoms with Crippen molar-refractivity contribution in [3.8, 4) is 23.0 Å². The average Bonchev–Trinajstić information content (AvgIpc) is 3.12. The van der Waals surface area contributed by atoms with Crippen LogP contribution in [0.1, 0.15) is 15.9 Å². The van der Waals surface area contributed by atoms with Crippen LogP contribution >= 0.6 is 0 Å². The molecule has 1 aliphatic heterocycles. The summed E-state index contributed by atoms with van der Waals surface area (Å²) in [5.74, 6) is 1.87. The Morgan fingerprint density at radius 1 is 0.938 bits per heavy atom. The van der Waals surface area contributed by atoms with Gasteiger partial charge in [-0.2, -0.15) is 0 Å². The van der Waals surface area contributed by atoms with Crippen molar-refractivity contribution in [2.75, 3.05) is 26.1 Å². The zero-order valence-electron chi connectivity index (χ0n) is 17.6. The van der Waals surface area contributed by atoms with Gasteiger partial charge in [0.15, 0.2) is 12.4 Å². The number of allylic oxidation sites excluding steroid dienone is 1. The first-order chi connectivity index (χ1) is 15.6. The number of fused-ring (bicyclic) bond motifs is 1. The third-order valence-corrected chi connectivity index (χ3v) is 4.78. The maximum Gasteiger partial charge on any atom is 0.262 e. The lowest BCUT2D eigenvalue weighted by Crippen LogP contribution is -2.20. The van der Waals surface area contributed by atoms with Crippen LogP contribution in [-0.4, -0.2) is 32.5 Å². The van der Waals surface area contributed by atoms with E-state index in [-0.39, 0.29) is 24.1 Å². The van der Waals surface area contributed by atoms with E-state index in [0.717, 1.165) is 5.56 Å². The number of carbonyl (C=O) groups is 2. The predicted octanol–water partition coefficient (Wildman–Crippen LogP) is 4.34. The van der Waals surface area contributed by atoms with E-state index in [2.05, 4.69) is 5.32 Å². The van der Waals surface area contributed by atoms with Gasteiger partial charge >= 0.3 is 0 Å². The fraction of sp³-hybridized carbons (Fsp3) is 0.120. The Hall–Kier alpha value is -4.26. The maximum absolute atomic E-state index is 12.6. The fourth-order valence-corrected chi connectivity index (χ4v) is 3.16. The number of rotatable bonds is 7. The molecule has 1 heterocycles. The first-order valence-electron chi connectivity index (χ1n) is 9.85. The normalized spacial score (nSPS) is 13.3. The van der Waals surface area contributed by atoms with Crippen molar-refractivity contribution in [1.29, 1.82) is 0 Å². The molecule has 162 valence electrons. The molecule has 7 nitrogen and oxygen atoms in total. The lowest BCUT2D eigenvalue weighted by molar-refractivity contribution is -0.118. The Balaban J connectivity index is 1.39. The minimum Gasteiger partial charge on any atom is -0.497 e. The molecule has 4 rings (SSSR count). The average molecular weight is 431 g/mol. The second-order valence-electron chi connectivity index (χ2n) is 6.94. The van der Waals surface area contributed by atoms with Crippen LogP contribution < -0.4 is 24.3 Å². The van der Waals surface area contributed by atoms with Gasteiger partial charge in [0, 0.05) is 11.8 Å². The van der Waals surface area contributed by atoms with Crippen LogP contribution in [0.5, 0.6) is 23.0 Å². The molecule has 1 N–H and O–H groups in total. The first kappa shape index (κ1) is 21.0. The molecule has 0 unspecified atom stereocenters. The van der Waals surface area contributed by atoms with Gasteiger partial charge in [-0.1, -0.05) is 12.1 Å². The lowest BCUT2D eigenvalue weighted by Gasteiger charge is -2.09. The number of hydrogen-bond donors (Lipinski definition) is 1. The van der Waals surface area contributed by atoms with Crippen molar-refractivity contribution in [2.24, 2.45) is 0 Å². The topological polar surface area (TPSA) is 83.1 Å². The standard InChI is InChI=1S/C25H21NO6/c1-29-18-8-6-17(7-9-18)26-24(27)15-31-20-10-11-21-22(14-20)32-23(25(21)28)13-16-4-3-5-19(12-16)30-2/h3-14H,15H2,1-2H3,(H,26,27)/b23-13-. The minimum absolute atomic E-state index is 0.189. The van der Waals surface area contributed by atoms with Crippen LogP contribution in [0.4, 0.5) is 5.69 Å². The number of Topliss-reactive ketones (excluding diaryl/α,β-unsaturated/α-hetero) is 1. The molecular formula is C25H21NO6. The number of ketones is 1. The number of anilines is 1. The Morgan fingerprint density at radius 3 is 2.44 bits per heavy atom. The van der Waals surface area contributed by atoms with E-state index < -0.39 is 0 Å². The summed E-state index contributed by atoms with van der Waals surface area (Å²) < 4.78 is 21.6. The van der Waals surface area contributed by atoms with Gasteiger partial charge in [-0.15, -0.1) is 0 Å². The van der Waals surface area contributed by atoms with E-state index in [1.165, 1.54) is 0 Å². The summed E-state index contributed by atoms with van der Waals surface area (Å²) >= 11 is 0. The van der Waals surface area contributed by atoms with E-state index in [4.69, 9.17) is 18.9 Å². The van der Waals surface area contributed by atoms with Crippen molar-refractivity contribution in [3.05, 3.63) is 83.6 Å². The van der Waals surface area contributed by atoms with Crippen LogP contribution in [0.15, 0.2) is 72.5 Å². The third-order valence-electron chi connectivity index (χ3n) is 4.78. The van der Waals surface area contributed by atoms with Crippen molar-refractivity contribution < 1.29 is 28.5 Å². The van der Waals surface area contributed by atoms with Crippen LogP contribution in [0.2, 0.25) is 0 Å². The molecular weight excluding hydrogens is 410 g/mol. The molecule has 0 saturated heterocycles. The van der Waals surface area contributed by atoms with E-state index >= 15 is 0 Å². The molecule has 0 atom stereocenters. The first-order valence-corrected chi connectivity index (χ1v) is 9.85. The molecule has 0 radical (unpaired) electrons. The molecule has 3 aromatic rings. The highest BCUT2D eigenvalue weighted by atomic mass is 16.5. The maximum atomic E-state index is 12.6. The molecule has 1 amide bonds. The van der Waals surface area contributed by atoms with E-state index in [1.807, 2.05) is 24.3 Å². The summed E-state index contributed by atoms with van der Waals surface area (Å²) in [5, 5.41) is 2.74. The monoisotopic (exact) mass is 431 g/mol. The smallest absolute Gasteiger partial charge is 0.262 e. The zero-order chi connectivity index (χ0) is 22.5. The summed E-state index contributed by atoms with van der Waals surface area (Å²) in [6.07, 6.45) is 1.66. The number of nitrogens with one attached hydrogen (secondary N) is 1. The Labute approximate surface area is 185 Å². The molecule has 0 aliphatic carbocycles. The molecule has 7 heteroatoms. The number of hydrogen-bond acceptors (Lipinski definition) is 6. The number of ether oxygens (including phenoxy) is 4. The Kier molecular flexibility index (Phi) is 6.07. The zero-order valence-corrected chi connectivity index (χ0v) is 17.6. The lowest BCUT2D eigenvalue weighted by atomic mass is 10.1. The van der Waals surface area contributed by atoms with Crippen molar-refractivity contribution in [3.63, 3.8) is 0 Å². The molecule has 0 saturated carbocycles. The summed E-state index contributed by atoms with van der Waals surface area (Å²) in [4.78, 5) is 24.8. The summed E-state index contributed by atoms with van der Waals surface area (Å²) in [7, 11) is 3.16. The van der Waals surface area contributed by atoms with Gasteiger partial charge in [0.2, 0.25) is 5.78 Å². The van der Waals surface area contributed by atoms with Crippen molar-refractivity contribution in [1.82, 2.24) is 0 Å². The van der Waals surface area contributed by atoms with Crippen molar-refractivity contribution in [2.45, 2.75) is 0 Å². The van der Waals surface area contributed by atoms with Gasteiger partial charge in [0.1, 0.15) is 23.0 Å². The summed E-state index contributed by atoms with van der Waals surface area (Å²) in [6.45, 7) is -0.189. The van der Waals surface area contributed by atoms with Crippen LogP contribution in [0.25, 0.3) is 6.08 Å². The molecule has 0 fully saturated rings. The van der Waals surface area contributed by atoms with Gasteiger partial charge in [0.05, 0.1) is 19.8 Å².